The largest absolute Gasteiger partial charge is 0.356 e. The van der Waals surface area contributed by atoms with E-state index in [-0.39, 0.29) is 24.0 Å². The number of thioether (sulfide) groups is 1. The fourth-order valence-electron chi connectivity index (χ4n) is 1.38. The van der Waals surface area contributed by atoms with Crippen LogP contribution in [0.25, 0.3) is 0 Å². The smallest absolute Gasteiger partial charge is 0.191 e. The first-order valence-electron chi connectivity index (χ1n) is 5.82. The van der Waals surface area contributed by atoms with Crippen LogP contribution in [-0.4, -0.2) is 31.6 Å². The fraction of sp³-hybridized carbons (Fsp3) is 0.583. The lowest BCUT2D eigenvalue weighted by Gasteiger charge is -2.10. The number of aliphatic imine (C=N–C) groups is 1. The summed E-state index contributed by atoms with van der Waals surface area (Å²) in [7, 11) is 1.81. The topological polar surface area (TPSA) is 36.4 Å². The van der Waals surface area contributed by atoms with E-state index in [0.29, 0.717) is 0 Å². The van der Waals surface area contributed by atoms with Gasteiger partial charge in [-0.3, -0.25) is 4.99 Å². The number of rotatable bonds is 7. The van der Waals surface area contributed by atoms with E-state index < -0.39 is 0 Å². The molecule has 0 aliphatic rings. The Balaban J connectivity index is 0.00000289. The molecule has 0 atom stereocenters. The second-order valence-electron chi connectivity index (χ2n) is 3.63. The SMILES string of the molecule is CN=C(NCCCCSC)NCc1cccs1.I. The lowest BCUT2D eigenvalue weighted by molar-refractivity contribution is 0.734. The summed E-state index contributed by atoms with van der Waals surface area (Å²) in [6.07, 6.45) is 4.60. The van der Waals surface area contributed by atoms with E-state index >= 15 is 0 Å². The van der Waals surface area contributed by atoms with Gasteiger partial charge in [-0.25, -0.2) is 0 Å². The third kappa shape index (κ3) is 8.20. The third-order valence-electron chi connectivity index (χ3n) is 2.30. The molecule has 0 fully saturated rings. The molecule has 0 aliphatic carbocycles. The molecule has 0 aliphatic heterocycles. The molecule has 0 aromatic carbocycles. The van der Waals surface area contributed by atoms with Gasteiger partial charge in [0.1, 0.15) is 0 Å². The van der Waals surface area contributed by atoms with Crippen molar-refractivity contribution in [2.75, 3.05) is 25.6 Å². The van der Waals surface area contributed by atoms with E-state index in [9.17, 15) is 0 Å². The molecule has 1 aromatic heterocycles. The minimum atomic E-state index is 0. The van der Waals surface area contributed by atoms with Crippen LogP contribution >= 0.6 is 47.1 Å². The molecule has 104 valence electrons. The first-order chi connectivity index (χ1) is 8.36. The van der Waals surface area contributed by atoms with Gasteiger partial charge in [-0.15, -0.1) is 35.3 Å². The van der Waals surface area contributed by atoms with Crippen molar-refractivity contribution in [1.82, 2.24) is 10.6 Å². The van der Waals surface area contributed by atoms with Gasteiger partial charge >= 0.3 is 0 Å². The van der Waals surface area contributed by atoms with Crippen LogP contribution in [-0.2, 0) is 6.54 Å². The van der Waals surface area contributed by atoms with E-state index in [2.05, 4.69) is 39.4 Å². The van der Waals surface area contributed by atoms with Gasteiger partial charge < -0.3 is 10.6 Å². The molecule has 0 radical (unpaired) electrons. The van der Waals surface area contributed by atoms with E-state index in [1.165, 1.54) is 23.5 Å². The summed E-state index contributed by atoms with van der Waals surface area (Å²) in [5.41, 5.74) is 0. The summed E-state index contributed by atoms with van der Waals surface area (Å²) >= 11 is 3.66. The number of nitrogens with one attached hydrogen (secondary N) is 2. The molecule has 0 bridgehead atoms. The third-order valence-corrected chi connectivity index (χ3v) is 3.87. The maximum Gasteiger partial charge on any atom is 0.191 e. The molecule has 0 spiro atoms. The van der Waals surface area contributed by atoms with Gasteiger partial charge in [0, 0.05) is 18.5 Å². The van der Waals surface area contributed by atoms with Gasteiger partial charge in [-0.1, -0.05) is 6.07 Å². The van der Waals surface area contributed by atoms with Crippen molar-refractivity contribution >= 4 is 53.0 Å². The Hall–Kier alpha value is 0.0500. The molecule has 3 nitrogen and oxygen atoms in total. The standard InChI is InChI=1S/C12H21N3S2.HI/c1-13-12(14-7-3-4-8-16-2)15-10-11-6-5-9-17-11;/h5-6,9H,3-4,7-8,10H2,1-2H3,(H2,13,14,15);1H. The quantitative estimate of drug-likeness (QED) is 0.320. The summed E-state index contributed by atoms with van der Waals surface area (Å²) in [5.74, 6) is 2.13. The first-order valence-corrected chi connectivity index (χ1v) is 8.10. The second kappa shape index (κ2) is 12.1. The van der Waals surface area contributed by atoms with Crippen molar-refractivity contribution in [3.8, 4) is 0 Å². The van der Waals surface area contributed by atoms with Crippen LogP contribution in [0.4, 0.5) is 0 Å². The molecule has 0 saturated heterocycles. The average molecular weight is 399 g/mol. The van der Waals surface area contributed by atoms with Crippen molar-refractivity contribution in [3.63, 3.8) is 0 Å². The van der Waals surface area contributed by atoms with Crippen molar-refractivity contribution in [3.05, 3.63) is 22.4 Å². The van der Waals surface area contributed by atoms with Crippen molar-refractivity contribution in [1.29, 1.82) is 0 Å². The molecule has 2 N–H and O–H groups in total. The zero-order valence-electron chi connectivity index (χ0n) is 10.9. The van der Waals surface area contributed by atoms with E-state index in [4.69, 9.17) is 0 Å². The number of nitrogens with zero attached hydrogens (tertiary/aromatic N) is 1. The van der Waals surface area contributed by atoms with Crippen LogP contribution in [0.15, 0.2) is 22.5 Å². The molecule has 1 rings (SSSR count). The number of hydrogen-bond acceptors (Lipinski definition) is 3. The van der Waals surface area contributed by atoms with Gasteiger partial charge in [0.15, 0.2) is 5.96 Å². The van der Waals surface area contributed by atoms with E-state index in [1.807, 2.05) is 18.8 Å². The van der Waals surface area contributed by atoms with Crippen LogP contribution in [0.3, 0.4) is 0 Å². The summed E-state index contributed by atoms with van der Waals surface area (Å²) in [6.45, 7) is 1.84. The molecule has 18 heavy (non-hydrogen) atoms. The molecular formula is C12H22IN3S2. The van der Waals surface area contributed by atoms with Crippen LogP contribution in [0.1, 0.15) is 17.7 Å². The normalized spacial score (nSPS) is 10.9. The maximum absolute atomic E-state index is 4.20. The van der Waals surface area contributed by atoms with Gasteiger partial charge in [0.05, 0.1) is 6.54 Å². The number of unbranched alkanes of at least 4 members (excludes halogenated alkanes) is 1. The molecule has 0 saturated carbocycles. The molecule has 0 amide bonds. The Morgan fingerprint density at radius 2 is 2.22 bits per heavy atom. The first kappa shape index (κ1) is 18.0. The van der Waals surface area contributed by atoms with Gasteiger partial charge in [0.25, 0.3) is 0 Å². The predicted molar refractivity (Wildman–Crippen MR) is 95.6 cm³/mol. The molecular weight excluding hydrogens is 377 g/mol. The average Bonchev–Trinajstić information content (AvgIpc) is 2.86. The Kier molecular flexibility index (Phi) is 12.1. The number of hydrogen-bond donors (Lipinski definition) is 2. The van der Waals surface area contributed by atoms with Gasteiger partial charge in [-0.2, -0.15) is 11.8 Å². The highest BCUT2D eigenvalue weighted by Gasteiger charge is 1.98. The zero-order chi connectivity index (χ0) is 12.3. The predicted octanol–water partition coefficient (Wildman–Crippen LogP) is 3.17. The molecule has 0 unspecified atom stereocenters. The zero-order valence-corrected chi connectivity index (χ0v) is 14.9. The maximum atomic E-state index is 4.20. The number of guanidine groups is 1. The summed E-state index contributed by atoms with van der Waals surface area (Å²) in [4.78, 5) is 5.53. The van der Waals surface area contributed by atoms with Crippen molar-refractivity contribution < 1.29 is 0 Å². The van der Waals surface area contributed by atoms with E-state index in [0.717, 1.165) is 19.0 Å². The van der Waals surface area contributed by atoms with Crippen LogP contribution in [0.2, 0.25) is 0 Å². The summed E-state index contributed by atoms with van der Waals surface area (Å²) < 4.78 is 0. The van der Waals surface area contributed by atoms with Crippen molar-refractivity contribution in [2.45, 2.75) is 19.4 Å². The van der Waals surface area contributed by atoms with E-state index in [1.54, 1.807) is 11.3 Å². The Bertz CT molecular complexity index is 315. The van der Waals surface area contributed by atoms with Crippen LogP contribution in [0.5, 0.6) is 0 Å². The lowest BCUT2D eigenvalue weighted by atomic mass is 10.3. The Morgan fingerprint density at radius 3 is 2.83 bits per heavy atom. The van der Waals surface area contributed by atoms with Gasteiger partial charge in [0.2, 0.25) is 0 Å². The molecule has 6 heteroatoms. The molecule has 1 heterocycles. The number of halogens is 1. The monoisotopic (exact) mass is 399 g/mol. The lowest BCUT2D eigenvalue weighted by Crippen LogP contribution is -2.37. The Morgan fingerprint density at radius 1 is 1.39 bits per heavy atom. The molecule has 1 aromatic rings. The fourth-order valence-corrected chi connectivity index (χ4v) is 2.52. The highest BCUT2D eigenvalue weighted by molar-refractivity contribution is 14.0. The number of thiophene rings is 1. The van der Waals surface area contributed by atoms with Crippen LogP contribution < -0.4 is 10.6 Å². The highest BCUT2D eigenvalue weighted by Crippen LogP contribution is 2.07. The van der Waals surface area contributed by atoms with Crippen molar-refractivity contribution in [2.24, 2.45) is 4.99 Å². The highest BCUT2D eigenvalue weighted by atomic mass is 127. The van der Waals surface area contributed by atoms with Crippen LogP contribution in [0, 0.1) is 0 Å². The minimum absolute atomic E-state index is 0. The second-order valence-corrected chi connectivity index (χ2v) is 5.65. The summed E-state index contributed by atoms with van der Waals surface area (Å²) in [6, 6.07) is 4.20. The summed E-state index contributed by atoms with van der Waals surface area (Å²) in [5, 5.41) is 8.72. The minimum Gasteiger partial charge on any atom is -0.356 e. The van der Waals surface area contributed by atoms with Gasteiger partial charge in [-0.05, 0) is 36.3 Å². The Labute approximate surface area is 135 Å².